The van der Waals surface area contributed by atoms with Crippen LogP contribution in [-0.4, -0.2) is 17.6 Å². The lowest BCUT2D eigenvalue weighted by molar-refractivity contribution is -0.151. The normalized spacial score (nSPS) is 18.3. The second-order valence-electron chi connectivity index (χ2n) is 4.71. The number of hydrogen-bond acceptors (Lipinski definition) is 3. The number of rotatable bonds is 3. The van der Waals surface area contributed by atoms with Crippen molar-refractivity contribution >= 4 is 17.6 Å². The van der Waals surface area contributed by atoms with Crippen LogP contribution in [0.3, 0.4) is 0 Å². The third-order valence-electron chi connectivity index (χ3n) is 3.58. The summed E-state index contributed by atoms with van der Waals surface area (Å²) in [7, 11) is 0. The molecule has 1 saturated carbocycles. The number of pyridine rings is 1. The minimum absolute atomic E-state index is 0.153. The molecule has 1 aromatic rings. The molecule has 1 aliphatic carbocycles. The highest BCUT2D eigenvalue weighted by Gasteiger charge is 2.43. The van der Waals surface area contributed by atoms with Gasteiger partial charge in [-0.05, 0) is 31.9 Å². The molecule has 0 aliphatic heterocycles. The summed E-state index contributed by atoms with van der Waals surface area (Å²) in [6, 6.07) is 5.46. The molecule has 18 heavy (non-hydrogen) atoms. The Morgan fingerprint density at radius 3 is 2.72 bits per heavy atom. The molecule has 2 rings (SSSR count). The molecule has 3 nitrogen and oxygen atoms in total. The average molecular weight is 268 g/mol. The van der Waals surface area contributed by atoms with E-state index >= 15 is 0 Å². The van der Waals surface area contributed by atoms with Crippen LogP contribution in [0.1, 0.15) is 44.7 Å². The van der Waals surface area contributed by atoms with Crippen molar-refractivity contribution in [2.75, 3.05) is 6.61 Å². The van der Waals surface area contributed by atoms with E-state index < -0.39 is 5.41 Å². The second kappa shape index (κ2) is 5.70. The molecule has 0 amide bonds. The molecule has 1 fully saturated rings. The molecule has 0 N–H and O–H groups in total. The number of carbonyl (C=O) groups is 1. The summed E-state index contributed by atoms with van der Waals surface area (Å²) < 4.78 is 5.26. The van der Waals surface area contributed by atoms with Gasteiger partial charge in [0, 0.05) is 0 Å². The highest BCUT2D eigenvalue weighted by Crippen LogP contribution is 2.40. The molecule has 0 unspecified atom stereocenters. The Morgan fingerprint density at radius 1 is 1.39 bits per heavy atom. The molecule has 1 aliphatic rings. The summed E-state index contributed by atoms with van der Waals surface area (Å²) in [6.45, 7) is 2.24. The third-order valence-corrected chi connectivity index (χ3v) is 3.79. The number of halogens is 1. The zero-order chi connectivity index (χ0) is 13.0. The van der Waals surface area contributed by atoms with Gasteiger partial charge in [0.1, 0.15) is 10.6 Å². The van der Waals surface area contributed by atoms with Crippen LogP contribution in [0, 0.1) is 0 Å². The maximum absolute atomic E-state index is 12.3. The summed E-state index contributed by atoms with van der Waals surface area (Å²) >= 11 is 5.94. The molecule has 4 heteroatoms. The molecule has 98 valence electrons. The molecular weight excluding hydrogens is 250 g/mol. The molecular formula is C14H18ClNO2. The van der Waals surface area contributed by atoms with Gasteiger partial charge in [0.05, 0.1) is 12.3 Å². The summed E-state index contributed by atoms with van der Waals surface area (Å²) in [5, 5.41) is 0.432. The first-order valence-corrected chi connectivity index (χ1v) is 6.87. The lowest BCUT2D eigenvalue weighted by Gasteiger charge is -2.34. The van der Waals surface area contributed by atoms with Crippen LogP contribution < -0.4 is 0 Å². The van der Waals surface area contributed by atoms with Crippen LogP contribution >= 0.6 is 11.6 Å². The lowest BCUT2D eigenvalue weighted by Crippen LogP contribution is -2.40. The van der Waals surface area contributed by atoms with Crippen molar-refractivity contribution in [1.29, 1.82) is 0 Å². The van der Waals surface area contributed by atoms with E-state index in [2.05, 4.69) is 4.98 Å². The molecule has 0 bridgehead atoms. The standard InChI is InChI=1S/C14H18ClNO2/c1-2-18-13(17)14(9-4-3-5-10-14)11-7-6-8-12(15)16-11/h6-8H,2-5,9-10H2,1H3. The Morgan fingerprint density at radius 2 is 2.11 bits per heavy atom. The SMILES string of the molecule is CCOC(=O)C1(c2cccc(Cl)n2)CCCCC1. The molecule has 0 atom stereocenters. The lowest BCUT2D eigenvalue weighted by atomic mass is 9.71. The zero-order valence-electron chi connectivity index (χ0n) is 10.6. The van der Waals surface area contributed by atoms with Crippen molar-refractivity contribution in [3.63, 3.8) is 0 Å². The number of hydrogen-bond donors (Lipinski definition) is 0. The largest absolute Gasteiger partial charge is 0.465 e. The van der Waals surface area contributed by atoms with Gasteiger partial charge in [0.25, 0.3) is 0 Å². The molecule has 0 radical (unpaired) electrons. The van der Waals surface area contributed by atoms with Gasteiger partial charge in [-0.2, -0.15) is 0 Å². The fourth-order valence-electron chi connectivity index (χ4n) is 2.66. The average Bonchev–Trinajstić information content (AvgIpc) is 2.40. The zero-order valence-corrected chi connectivity index (χ0v) is 11.4. The Hall–Kier alpha value is -1.09. The monoisotopic (exact) mass is 267 g/mol. The Labute approximate surface area is 113 Å². The quantitative estimate of drug-likeness (QED) is 0.622. The van der Waals surface area contributed by atoms with Crippen molar-refractivity contribution in [2.45, 2.75) is 44.4 Å². The second-order valence-corrected chi connectivity index (χ2v) is 5.10. The van der Waals surface area contributed by atoms with Crippen molar-refractivity contribution in [3.05, 3.63) is 29.0 Å². The summed E-state index contributed by atoms with van der Waals surface area (Å²) in [4.78, 5) is 16.7. The molecule has 0 aromatic carbocycles. The van der Waals surface area contributed by atoms with Crippen molar-refractivity contribution in [1.82, 2.24) is 4.98 Å². The summed E-state index contributed by atoms with van der Waals surface area (Å²) in [6.07, 6.45) is 4.85. The minimum atomic E-state index is -0.584. The first-order valence-electron chi connectivity index (χ1n) is 6.49. The number of esters is 1. The van der Waals surface area contributed by atoms with E-state index in [4.69, 9.17) is 16.3 Å². The van der Waals surface area contributed by atoms with E-state index in [1.54, 1.807) is 6.07 Å². The van der Waals surface area contributed by atoms with Crippen LogP contribution in [0.4, 0.5) is 0 Å². The number of nitrogens with zero attached hydrogens (tertiary/aromatic N) is 1. The molecule has 1 aromatic heterocycles. The van der Waals surface area contributed by atoms with Crippen molar-refractivity contribution < 1.29 is 9.53 Å². The highest BCUT2D eigenvalue weighted by atomic mass is 35.5. The van der Waals surface area contributed by atoms with E-state index in [1.165, 1.54) is 6.42 Å². The van der Waals surface area contributed by atoms with Crippen LogP contribution in [-0.2, 0) is 14.9 Å². The van der Waals surface area contributed by atoms with Gasteiger partial charge in [0.15, 0.2) is 0 Å². The first kappa shape index (κ1) is 13.3. The maximum Gasteiger partial charge on any atom is 0.318 e. The number of ether oxygens (including phenoxy) is 1. The molecule has 0 spiro atoms. The fourth-order valence-corrected chi connectivity index (χ4v) is 2.83. The Bertz CT molecular complexity index is 428. The number of carbonyl (C=O) groups excluding carboxylic acids is 1. The fraction of sp³-hybridized carbons (Fsp3) is 0.571. The third kappa shape index (κ3) is 2.51. The predicted octanol–water partition coefficient (Wildman–Crippen LogP) is 3.50. The van der Waals surface area contributed by atoms with Crippen LogP contribution in [0.15, 0.2) is 18.2 Å². The van der Waals surface area contributed by atoms with Crippen molar-refractivity contribution in [3.8, 4) is 0 Å². The summed E-state index contributed by atoms with van der Waals surface area (Å²) in [5.41, 5.74) is 0.173. The van der Waals surface area contributed by atoms with Gasteiger partial charge in [-0.1, -0.05) is 36.9 Å². The van der Waals surface area contributed by atoms with Crippen molar-refractivity contribution in [2.24, 2.45) is 0 Å². The topological polar surface area (TPSA) is 39.2 Å². The Balaban J connectivity index is 2.38. The van der Waals surface area contributed by atoms with Crippen LogP contribution in [0.25, 0.3) is 0 Å². The van der Waals surface area contributed by atoms with Gasteiger partial charge in [0.2, 0.25) is 0 Å². The minimum Gasteiger partial charge on any atom is -0.465 e. The molecule has 0 saturated heterocycles. The Kier molecular flexibility index (Phi) is 4.23. The first-order chi connectivity index (χ1) is 8.69. The van der Waals surface area contributed by atoms with Crippen LogP contribution in [0.2, 0.25) is 5.15 Å². The van der Waals surface area contributed by atoms with E-state index in [-0.39, 0.29) is 5.97 Å². The van der Waals surface area contributed by atoms with E-state index in [0.29, 0.717) is 11.8 Å². The van der Waals surface area contributed by atoms with Gasteiger partial charge in [-0.25, -0.2) is 4.98 Å². The van der Waals surface area contributed by atoms with Gasteiger partial charge < -0.3 is 4.74 Å². The van der Waals surface area contributed by atoms with Gasteiger partial charge in [-0.3, -0.25) is 4.79 Å². The van der Waals surface area contributed by atoms with E-state index in [0.717, 1.165) is 31.4 Å². The van der Waals surface area contributed by atoms with Crippen LogP contribution in [0.5, 0.6) is 0 Å². The smallest absolute Gasteiger partial charge is 0.318 e. The van der Waals surface area contributed by atoms with Gasteiger partial charge >= 0.3 is 5.97 Å². The summed E-state index contributed by atoms with van der Waals surface area (Å²) in [5.74, 6) is -0.153. The van der Waals surface area contributed by atoms with E-state index in [1.807, 2.05) is 19.1 Å². The maximum atomic E-state index is 12.3. The van der Waals surface area contributed by atoms with E-state index in [9.17, 15) is 4.79 Å². The number of aromatic nitrogens is 1. The predicted molar refractivity (Wildman–Crippen MR) is 70.6 cm³/mol. The highest BCUT2D eigenvalue weighted by molar-refractivity contribution is 6.29. The van der Waals surface area contributed by atoms with Gasteiger partial charge in [-0.15, -0.1) is 0 Å². The molecule has 1 heterocycles.